The van der Waals surface area contributed by atoms with Crippen molar-refractivity contribution in [3.8, 4) is 11.5 Å². The van der Waals surface area contributed by atoms with Crippen LogP contribution >= 0.6 is 0 Å². The molecule has 0 bridgehead atoms. The lowest BCUT2D eigenvalue weighted by atomic mass is 9.76. The predicted molar refractivity (Wildman–Crippen MR) is 191 cm³/mol. The molecule has 0 amide bonds. The van der Waals surface area contributed by atoms with Crippen molar-refractivity contribution in [3.05, 3.63) is 83.0 Å². The van der Waals surface area contributed by atoms with Gasteiger partial charge in [-0.2, -0.15) is 0 Å². The standard InChI is InChI=1S/C40H58O8/c1-13-33(21-32(42)23-46-38(43)26(6)7)48-37-17-15-30(20-35(37)25(4)5)40(11,12)29-14-16-36(34(19-29)24(2)3)45-22-31(41)18-28(10)47-39(44)27(8)9/h14-17,19-20,24-25,28,31-33,41-42H,6,8,13,18,21-23H2,1-5,7,9-12H3. The first kappa shape index (κ1) is 40.6. The molecule has 8 nitrogen and oxygen atoms in total. The molecular weight excluding hydrogens is 608 g/mol. The molecule has 0 aromatic heterocycles. The molecule has 0 spiro atoms. The van der Waals surface area contributed by atoms with E-state index in [1.165, 1.54) is 0 Å². The van der Waals surface area contributed by atoms with Crippen LogP contribution < -0.4 is 9.47 Å². The molecule has 0 aliphatic carbocycles. The Labute approximate surface area is 288 Å². The Hall–Kier alpha value is -3.62. The second-order valence-electron chi connectivity index (χ2n) is 14.1. The number of esters is 2. The Morgan fingerprint density at radius 3 is 1.77 bits per heavy atom. The molecule has 8 heteroatoms. The van der Waals surface area contributed by atoms with E-state index in [0.717, 1.165) is 28.0 Å². The fourth-order valence-corrected chi connectivity index (χ4v) is 5.30. The van der Waals surface area contributed by atoms with Gasteiger partial charge >= 0.3 is 11.9 Å². The van der Waals surface area contributed by atoms with Crippen LogP contribution in [-0.4, -0.2) is 59.8 Å². The summed E-state index contributed by atoms with van der Waals surface area (Å²) in [4.78, 5) is 23.5. The third-order valence-electron chi connectivity index (χ3n) is 8.44. The third-order valence-corrected chi connectivity index (χ3v) is 8.44. The quantitative estimate of drug-likeness (QED) is 0.115. The molecule has 4 atom stereocenters. The zero-order valence-electron chi connectivity index (χ0n) is 30.7. The minimum atomic E-state index is -0.848. The van der Waals surface area contributed by atoms with Crippen molar-refractivity contribution in [3.63, 3.8) is 0 Å². The molecule has 4 unspecified atom stereocenters. The summed E-state index contributed by atoms with van der Waals surface area (Å²) in [6, 6.07) is 12.5. The molecule has 0 saturated heterocycles. The highest BCUT2D eigenvalue weighted by molar-refractivity contribution is 5.87. The number of carbonyl (C=O) groups is 2. The van der Waals surface area contributed by atoms with E-state index in [9.17, 15) is 19.8 Å². The van der Waals surface area contributed by atoms with Crippen LogP contribution in [0.15, 0.2) is 60.7 Å². The molecule has 2 aromatic rings. The van der Waals surface area contributed by atoms with Gasteiger partial charge in [-0.05, 0) is 73.4 Å². The van der Waals surface area contributed by atoms with Gasteiger partial charge in [0.2, 0.25) is 0 Å². The maximum absolute atomic E-state index is 11.8. The smallest absolute Gasteiger partial charge is 0.333 e. The average molecular weight is 667 g/mol. The monoisotopic (exact) mass is 666 g/mol. The van der Waals surface area contributed by atoms with Gasteiger partial charge in [0, 0.05) is 29.4 Å². The summed E-state index contributed by atoms with van der Waals surface area (Å²) in [5.41, 5.74) is 4.64. The zero-order chi connectivity index (χ0) is 36.3. The second kappa shape index (κ2) is 18.2. The van der Waals surface area contributed by atoms with E-state index in [1.807, 2.05) is 19.1 Å². The largest absolute Gasteiger partial charge is 0.491 e. The molecule has 0 aliphatic heterocycles. The fraction of sp³-hybridized carbons (Fsp3) is 0.550. The van der Waals surface area contributed by atoms with Gasteiger partial charge in [-0.1, -0.05) is 85.9 Å². The number of ether oxygens (including phenoxy) is 4. The van der Waals surface area contributed by atoms with Crippen molar-refractivity contribution in [1.82, 2.24) is 0 Å². The van der Waals surface area contributed by atoms with Crippen LogP contribution in [-0.2, 0) is 24.5 Å². The summed E-state index contributed by atoms with van der Waals surface area (Å²) < 4.78 is 23.0. The highest BCUT2D eigenvalue weighted by Crippen LogP contribution is 2.39. The van der Waals surface area contributed by atoms with E-state index in [2.05, 4.69) is 79.0 Å². The van der Waals surface area contributed by atoms with E-state index in [1.54, 1.807) is 20.8 Å². The van der Waals surface area contributed by atoms with Gasteiger partial charge in [-0.3, -0.25) is 0 Å². The van der Waals surface area contributed by atoms with E-state index in [4.69, 9.17) is 18.9 Å². The predicted octanol–water partition coefficient (Wildman–Crippen LogP) is 7.92. The second-order valence-corrected chi connectivity index (χ2v) is 14.1. The number of hydrogen-bond acceptors (Lipinski definition) is 8. The molecule has 2 aromatic carbocycles. The van der Waals surface area contributed by atoms with Gasteiger partial charge in [0.25, 0.3) is 0 Å². The molecule has 2 rings (SSSR count). The number of rotatable bonds is 19. The highest BCUT2D eigenvalue weighted by atomic mass is 16.5. The first-order valence-electron chi connectivity index (χ1n) is 17.0. The van der Waals surface area contributed by atoms with Crippen molar-refractivity contribution >= 4 is 11.9 Å². The lowest BCUT2D eigenvalue weighted by Gasteiger charge is -2.30. The number of carbonyl (C=O) groups excluding carboxylic acids is 2. The lowest BCUT2D eigenvalue weighted by molar-refractivity contribution is -0.145. The van der Waals surface area contributed by atoms with Crippen molar-refractivity contribution in [1.29, 1.82) is 0 Å². The Balaban J connectivity index is 2.23. The number of benzene rings is 2. The summed E-state index contributed by atoms with van der Waals surface area (Å²) in [5, 5.41) is 21.1. The Morgan fingerprint density at radius 2 is 1.27 bits per heavy atom. The van der Waals surface area contributed by atoms with Gasteiger partial charge < -0.3 is 29.2 Å². The number of hydrogen-bond donors (Lipinski definition) is 2. The third kappa shape index (κ3) is 11.8. The molecule has 0 saturated carbocycles. The topological polar surface area (TPSA) is 112 Å². The lowest BCUT2D eigenvalue weighted by Crippen LogP contribution is -2.28. The summed E-state index contributed by atoms with van der Waals surface area (Å²) in [7, 11) is 0. The summed E-state index contributed by atoms with van der Waals surface area (Å²) >= 11 is 0. The van der Waals surface area contributed by atoms with Crippen molar-refractivity contribution in [2.45, 2.75) is 130 Å². The molecule has 0 radical (unpaired) electrons. The van der Waals surface area contributed by atoms with E-state index >= 15 is 0 Å². The van der Waals surface area contributed by atoms with Gasteiger partial charge in [-0.25, -0.2) is 9.59 Å². The van der Waals surface area contributed by atoms with E-state index in [-0.39, 0.29) is 43.0 Å². The maximum atomic E-state index is 11.8. The minimum Gasteiger partial charge on any atom is -0.491 e. The van der Waals surface area contributed by atoms with Crippen LogP contribution in [0.3, 0.4) is 0 Å². The molecule has 0 fully saturated rings. The molecule has 0 aliphatic rings. The Morgan fingerprint density at radius 1 is 0.771 bits per heavy atom. The minimum absolute atomic E-state index is 0.0755. The molecule has 2 N–H and O–H groups in total. The van der Waals surface area contributed by atoms with Crippen molar-refractivity contribution < 1.29 is 38.7 Å². The van der Waals surface area contributed by atoms with E-state index in [0.29, 0.717) is 29.7 Å². The van der Waals surface area contributed by atoms with Crippen LogP contribution in [0.1, 0.15) is 123 Å². The van der Waals surface area contributed by atoms with Crippen molar-refractivity contribution in [2.75, 3.05) is 13.2 Å². The van der Waals surface area contributed by atoms with Crippen LogP contribution in [0.4, 0.5) is 0 Å². The first-order chi connectivity index (χ1) is 22.4. The van der Waals surface area contributed by atoms with Crippen molar-refractivity contribution in [2.24, 2.45) is 0 Å². The molecule has 48 heavy (non-hydrogen) atoms. The highest BCUT2D eigenvalue weighted by Gasteiger charge is 2.27. The number of aliphatic hydroxyl groups excluding tert-OH is 2. The van der Waals surface area contributed by atoms with Gasteiger partial charge in [0.1, 0.15) is 36.9 Å². The van der Waals surface area contributed by atoms with Gasteiger partial charge in [0.15, 0.2) is 0 Å². The normalized spacial score (nSPS) is 14.2. The number of aliphatic hydroxyl groups is 2. The van der Waals surface area contributed by atoms with Crippen LogP contribution in [0.25, 0.3) is 0 Å². The molecular formula is C40H58O8. The average Bonchev–Trinajstić information content (AvgIpc) is 3.01. The summed E-state index contributed by atoms with van der Waals surface area (Å²) in [5.74, 6) is 0.862. The van der Waals surface area contributed by atoms with E-state index < -0.39 is 30.3 Å². The summed E-state index contributed by atoms with van der Waals surface area (Å²) in [6.45, 7) is 26.9. The Kier molecular flexibility index (Phi) is 15.4. The SMILES string of the molecule is C=C(C)C(=O)OCC(O)CC(CC)Oc1ccc(C(C)(C)c2ccc(OCC(O)CC(C)OC(=O)C(=C)C)c(C(C)C)c2)cc1C(C)C. The van der Waals surface area contributed by atoms with Gasteiger partial charge in [0.05, 0.1) is 12.2 Å². The maximum Gasteiger partial charge on any atom is 0.333 e. The van der Waals surface area contributed by atoms with Crippen LogP contribution in [0.2, 0.25) is 0 Å². The van der Waals surface area contributed by atoms with Crippen LogP contribution in [0, 0.1) is 0 Å². The van der Waals surface area contributed by atoms with Crippen LogP contribution in [0.5, 0.6) is 11.5 Å². The fourth-order valence-electron chi connectivity index (χ4n) is 5.30. The molecule has 266 valence electrons. The summed E-state index contributed by atoms with van der Waals surface area (Å²) in [6.07, 6.45) is -1.11. The molecule has 0 heterocycles. The Bertz CT molecular complexity index is 1410. The van der Waals surface area contributed by atoms with Gasteiger partial charge in [-0.15, -0.1) is 0 Å². The first-order valence-corrected chi connectivity index (χ1v) is 17.0. The zero-order valence-corrected chi connectivity index (χ0v) is 30.7.